The average molecular weight is 343 g/mol. The van der Waals surface area contributed by atoms with E-state index >= 15 is 0 Å². The van der Waals surface area contributed by atoms with E-state index in [1.54, 1.807) is 6.20 Å². The Hall–Kier alpha value is -1.69. The Balaban J connectivity index is 1.34. The lowest BCUT2D eigenvalue weighted by Crippen LogP contribution is -2.50. The van der Waals surface area contributed by atoms with Gasteiger partial charge in [0.2, 0.25) is 11.9 Å². The first-order chi connectivity index (χ1) is 12.3. The fourth-order valence-electron chi connectivity index (χ4n) is 4.57. The van der Waals surface area contributed by atoms with Gasteiger partial charge in [-0.3, -0.25) is 15.0 Å². The molecule has 0 aromatic carbocycles. The van der Waals surface area contributed by atoms with E-state index in [2.05, 4.69) is 25.1 Å². The van der Waals surface area contributed by atoms with Crippen LogP contribution in [0.1, 0.15) is 51.4 Å². The quantitative estimate of drug-likeness (QED) is 0.911. The molecule has 2 heterocycles. The Morgan fingerprint density at radius 2 is 1.68 bits per heavy atom. The summed E-state index contributed by atoms with van der Waals surface area (Å²) in [4.78, 5) is 26.1. The van der Waals surface area contributed by atoms with Crippen molar-refractivity contribution >= 4 is 17.7 Å². The molecule has 4 rings (SSSR count). The zero-order chi connectivity index (χ0) is 17.1. The molecule has 0 atom stereocenters. The van der Waals surface area contributed by atoms with E-state index in [9.17, 15) is 4.79 Å². The second-order valence-corrected chi connectivity index (χ2v) is 7.67. The van der Waals surface area contributed by atoms with Gasteiger partial charge in [0.1, 0.15) is 5.82 Å². The van der Waals surface area contributed by atoms with Crippen molar-refractivity contribution in [2.75, 3.05) is 36.4 Å². The number of hydrogen-bond acceptors (Lipinski definition) is 5. The Morgan fingerprint density at radius 3 is 2.40 bits per heavy atom. The van der Waals surface area contributed by atoms with Gasteiger partial charge in [0.25, 0.3) is 0 Å². The Bertz CT molecular complexity index is 587. The topological polar surface area (TPSA) is 61.4 Å². The molecule has 6 nitrogen and oxygen atoms in total. The summed E-state index contributed by atoms with van der Waals surface area (Å²) in [5, 5.41) is 2.92. The van der Waals surface area contributed by atoms with Crippen LogP contribution in [-0.4, -0.2) is 53.0 Å². The third-order valence-electron chi connectivity index (χ3n) is 6.08. The van der Waals surface area contributed by atoms with Crippen LogP contribution in [0.15, 0.2) is 12.3 Å². The molecular formula is C19H29N5O. The van der Waals surface area contributed by atoms with Crippen molar-refractivity contribution in [1.29, 1.82) is 0 Å². The lowest BCUT2D eigenvalue weighted by atomic mass is 10.1. The molecule has 136 valence electrons. The number of nitrogens with one attached hydrogen (secondary N) is 1. The smallest absolute Gasteiger partial charge is 0.231 e. The van der Waals surface area contributed by atoms with E-state index in [1.165, 1.54) is 25.7 Å². The lowest BCUT2D eigenvalue weighted by Gasteiger charge is -2.38. The predicted octanol–water partition coefficient (Wildman–Crippen LogP) is 2.67. The summed E-state index contributed by atoms with van der Waals surface area (Å²) in [6.07, 6.45) is 11.6. The molecule has 0 unspecified atom stereocenters. The van der Waals surface area contributed by atoms with Crippen LogP contribution in [0.25, 0.3) is 0 Å². The second kappa shape index (κ2) is 7.68. The second-order valence-electron chi connectivity index (χ2n) is 7.67. The number of aromatic nitrogens is 2. The van der Waals surface area contributed by atoms with Gasteiger partial charge in [-0.1, -0.05) is 25.7 Å². The molecule has 1 aromatic heterocycles. The maximum absolute atomic E-state index is 12.3. The number of hydrogen-bond donors (Lipinski definition) is 1. The van der Waals surface area contributed by atoms with Crippen LogP contribution in [0.5, 0.6) is 0 Å². The largest absolute Gasteiger partial charge is 0.354 e. The summed E-state index contributed by atoms with van der Waals surface area (Å²) < 4.78 is 0. The highest BCUT2D eigenvalue weighted by Gasteiger charge is 2.27. The number of piperazine rings is 1. The Labute approximate surface area is 150 Å². The summed E-state index contributed by atoms with van der Waals surface area (Å²) >= 11 is 0. The van der Waals surface area contributed by atoms with Crippen molar-refractivity contribution in [2.24, 2.45) is 5.92 Å². The van der Waals surface area contributed by atoms with E-state index in [1.807, 2.05) is 6.07 Å². The number of anilines is 2. The predicted molar refractivity (Wildman–Crippen MR) is 98.7 cm³/mol. The normalized spacial score (nSPS) is 23.3. The molecule has 3 fully saturated rings. The number of rotatable bonds is 4. The summed E-state index contributed by atoms with van der Waals surface area (Å²) in [6, 6.07) is 2.75. The van der Waals surface area contributed by atoms with E-state index in [-0.39, 0.29) is 11.8 Å². The van der Waals surface area contributed by atoms with E-state index in [4.69, 9.17) is 0 Å². The maximum Gasteiger partial charge on any atom is 0.231 e. The minimum atomic E-state index is 0.0840. The van der Waals surface area contributed by atoms with E-state index in [0.29, 0.717) is 5.95 Å². The molecular weight excluding hydrogens is 314 g/mol. The van der Waals surface area contributed by atoms with Gasteiger partial charge >= 0.3 is 0 Å². The van der Waals surface area contributed by atoms with Crippen molar-refractivity contribution in [2.45, 2.75) is 57.4 Å². The molecule has 1 amide bonds. The van der Waals surface area contributed by atoms with Crippen molar-refractivity contribution < 1.29 is 4.79 Å². The van der Waals surface area contributed by atoms with Crippen LogP contribution >= 0.6 is 0 Å². The number of carbonyl (C=O) groups is 1. The highest BCUT2D eigenvalue weighted by molar-refractivity contribution is 5.91. The highest BCUT2D eigenvalue weighted by Crippen LogP contribution is 2.27. The SMILES string of the molecule is O=C(Nc1nccc(N2CCN(C3CCCC3)CC2)n1)C1CCCC1. The first-order valence-corrected chi connectivity index (χ1v) is 9.92. The molecule has 3 aliphatic rings. The molecule has 0 bridgehead atoms. The molecule has 6 heteroatoms. The van der Waals surface area contributed by atoms with Crippen LogP contribution in [0, 0.1) is 5.92 Å². The Morgan fingerprint density at radius 1 is 1.00 bits per heavy atom. The fourth-order valence-corrected chi connectivity index (χ4v) is 4.57. The molecule has 25 heavy (non-hydrogen) atoms. The number of nitrogens with zero attached hydrogens (tertiary/aromatic N) is 4. The summed E-state index contributed by atoms with van der Waals surface area (Å²) in [5.74, 6) is 1.61. The molecule has 1 aromatic rings. The van der Waals surface area contributed by atoms with Crippen LogP contribution in [0.4, 0.5) is 11.8 Å². The standard InChI is InChI=1S/C19H29N5O/c25-18(15-5-1-2-6-15)22-19-20-10-9-17(21-19)24-13-11-23(12-14-24)16-7-3-4-8-16/h9-10,15-16H,1-8,11-14H2,(H,20,21,22,25). The van der Waals surface area contributed by atoms with Gasteiger partial charge in [0.15, 0.2) is 0 Å². The highest BCUT2D eigenvalue weighted by atomic mass is 16.2. The fraction of sp³-hybridized carbons (Fsp3) is 0.737. The monoisotopic (exact) mass is 343 g/mol. The van der Waals surface area contributed by atoms with Crippen LogP contribution in [0.3, 0.4) is 0 Å². The third-order valence-corrected chi connectivity index (χ3v) is 6.08. The maximum atomic E-state index is 12.3. The van der Waals surface area contributed by atoms with Crippen LogP contribution in [0.2, 0.25) is 0 Å². The minimum absolute atomic E-state index is 0.0840. The van der Waals surface area contributed by atoms with E-state index < -0.39 is 0 Å². The van der Waals surface area contributed by atoms with Gasteiger partial charge in [-0.15, -0.1) is 0 Å². The van der Waals surface area contributed by atoms with Crippen LogP contribution < -0.4 is 10.2 Å². The average Bonchev–Trinajstić information content (AvgIpc) is 3.36. The number of amides is 1. The summed E-state index contributed by atoms with van der Waals surface area (Å²) in [5.41, 5.74) is 0. The zero-order valence-electron chi connectivity index (χ0n) is 15.0. The van der Waals surface area contributed by atoms with Crippen molar-refractivity contribution in [1.82, 2.24) is 14.9 Å². The molecule has 1 saturated heterocycles. The molecule has 2 saturated carbocycles. The van der Waals surface area contributed by atoms with Crippen LogP contribution in [-0.2, 0) is 4.79 Å². The third kappa shape index (κ3) is 3.94. The van der Waals surface area contributed by atoms with Gasteiger partial charge in [0.05, 0.1) is 0 Å². The summed E-state index contributed by atoms with van der Waals surface area (Å²) in [6.45, 7) is 4.23. The summed E-state index contributed by atoms with van der Waals surface area (Å²) in [7, 11) is 0. The van der Waals surface area contributed by atoms with Crippen molar-refractivity contribution in [3.8, 4) is 0 Å². The first kappa shape index (κ1) is 16.8. The number of carbonyl (C=O) groups excluding carboxylic acids is 1. The molecule has 1 N–H and O–H groups in total. The van der Waals surface area contributed by atoms with Gasteiger partial charge in [-0.2, -0.15) is 4.98 Å². The molecule has 2 aliphatic carbocycles. The lowest BCUT2D eigenvalue weighted by molar-refractivity contribution is -0.119. The Kier molecular flexibility index (Phi) is 5.15. The minimum Gasteiger partial charge on any atom is -0.354 e. The first-order valence-electron chi connectivity index (χ1n) is 9.92. The molecule has 0 spiro atoms. The van der Waals surface area contributed by atoms with E-state index in [0.717, 1.165) is 63.7 Å². The molecule has 0 radical (unpaired) electrons. The van der Waals surface area contributed by atoms with Crippen molar-refractivity contribution in [3.05, 3.63) is 12.3 Å². The van der Waals surface area contributed by atoms with Crippen molar-refractivity contribution in [3.63, 3.8) is 0 Å². The molecule has 1 aliphatic heterocycles. The van der Waals surface area contributed by atoms with Gasteiger partial charge in [-0.05, 0) is 31.7 Å². The van der Waals surface area contributed by atoms with Gasteiger partial charge < -0.3 is 4.90 Å². The van der Waals surface area contributed by atoms with Gasteiger partial charge in [-0.25, -0.2) is 4.98 Å². The van der Waals surface area contributed by atoms with Gasteiger partial charge in [0, 0.05) is 44.3 Å². The zero-order valence-corrected chi connectivity index (χ0v) is 15.0.